The lowest BCUT2D eigenvalue weighted by molar-refractivity contribution is -0.303. The van der Waals surface area contributed by atoms with Crippen LogP contribution < -0.4 is 5.32 Å². The summed E-state index contributed by atoms with van der Waals surface area (Å²) in [5.41, 5.74) is 0. The van der Waals surface area contributed by atoms with Crippen molar-refractivity contribution in [2.24, 2.45) is 0 Å². The van der Waals surface area contributed by atoms with Crippen LogP contribution in [0.2, 0.25) is 0 Å². The number of aliphatic hydroxyl groups excluding tert-OH is 7. The van der Waals surface area contributed by atoms with Crippen molar-refractivity contribution in [3.05, 3.63) is 36.5 Å². The first-order valence-electron chi connectivity index (χ1n) is 33.4. The molecular formula is C67H127NO10. The fourth-order valence-corrected chi connectivity index (χ4v) is 10.8. The number of rotatable bonds is 58. The lowest BCUT2D eigenvalue weighted by Gasteiger charge is -2.40. The average Bonchev–Trinajstić information content (AvgIpc) is 3.45. The van der Waals surface area contributed by atoms with E-state index in [1.165, 1.54) is 231 Å². The minimum absolute atomic E-state index is 0.255. The Morgan fingerprint density at radius 1 is 0.449 bits per heavy atom. The maximum atomic E-state index is 13.2. The van der Waals surface area contributed by atoms with Crippen LogP contribution in [0.1, 0.15) is 316 Å². The van der Waals surface area contributed by atoms with Crippen LogP contribution in [0.5, 0.6) is 0 Å². The Kier molecular flexibility index (Phi) is 53.2. The van der Waals surface area contributed by atoms with Crippen LogP contribution in [-0.4, -0.2) is 110 Å². The maximum absolute atomic E-state index is 13.2. The molecule has 0 bridgehead atoms. The van der Waals surface area contributed by atoms with Gasteiger partial charge < -0.3 is 50.5 Å². The van der Waals surface area contributed by atoms with Crippen LogP contribution in [0, 0.1) is 0 Å². The second-order valence-electron chi connectivity index (χ2n) is 23.5. The average molecular weight is 1110 g/mol. The molecule has 1 rings (SSSR count). The predicted octanol–water partition coefficient (Wildman–Crippen LogP) is 15.4. The summed E-state index contributed by atoms with van der Waals surface area (Å²) in [6, 6.07) is -1.18. The Balaban J connectivity index is 2.12. The molecule has 0 saturated carbocycles. The number of carbonyl (C=O) groups is 1. The number of nitrogens with one attached hydrogen (secondary N) is 1. The molecule has 0 aliphatic carbocycles. The van der Waals surface area contributed by atoms with E-state index in [4.69, 9.17) is 9.47 Å². The van der Waals surface area contributed by atoms with E-state index in [0.29, 0.717) is 12.8 Å². The van der Waals surface area contributed by atoms with Gasteiger partial charge in [-0.05, 0) is 70.6 Å². The van der Waals surface area contributed by atoms with Crippen molar-refractivity contribution >= 4 is 5.91 Å². The summed E-state index contributed by atoms with van der Waals surface area (Å²) in [6.07, 6.45) is 59.7. The summed E-state index contributed by atoms with van der Waals surface area (Å²) >= 11 is 0. The van der Waals surface area contributed by atoms with Crippen molar-refractivity contribution in [2.45, 2.75) is 371 Å². The second kappa shape index (κ2) is 55.8. The number of amides is 1. The van der Waals surface area contributed by atoms with Gasteiger partial charge in [0.05, 0.1) is 25.4 Å². The highest BCUT2D eigenvalue weighted by Crippen LogP contribution is 2.24. The Morgan fingerprint density at radius 3 is 1.18 bits per heavy atom. The topological polar surface area (TPSA) is 189 Å². The first-order chi connectivity index (χ1) is 38.2. The second-order valence-corrected chi connectivity index (χ2v) is 23.5. The minimum Gasteiger partial charge on any atom is -0.394 e. The smallest absolute Gasteiger partial charge is 0.249 e. The van der Waals surface area contributed by atoms with Gasteiger partial charge in [0, 0.05) is 0 Å². The van der Waals surface area contributed by atoms with Gasteiger partial charge in [0.25, 0.3) is 0 Å². The summed E-state index contributed by atoms with van der Waals surface area (Å²) in [6.45, 7) is 3.46. The van der Waals surface area contributed by atoms with E-state index < -0.39 is 74.2 Å². The molecule has 1 heterocycles. The standard InChI is InChI=1S/C67H127NO10/c1-3-5-7-9-11-13-15-17-18-19-20-21-22-23-24-25-26-27-28-29-30-31-32-33-34-35-36-37-38-39-40-41-43-45-47-49-51-53-55-60(71)66(76)68-58(57-77-67-65(75)64(74)63(73)61(56-69)78-67)62(72)59(70)54-52-50-48-46-44-42-16-14-12-10-8-6-4-2/h26-27,29-30,46,48,58-65,67,69-75H,3-25,28,31-45,47,49-57H2,1-2H3,(H,68,76)/b27-26-,30-29-,48-46+. The van der Waals surface area contributed by atoms with Crippen LogP contribution in [0.3, 0.4) is 0 Å². The summed E-state index contributed by atoms with van der Waals surface area (Å²) in [4.78, 5) is 13.2. The molecule has 0 radical (unpaired) electrons. The van der Waals surface area contributed by atoms with Gasteiger partial charge in [0.2, 0.25) is 5.91 Å². The fraction of sp³-hybridized carbons (Fsp3) is 0.896. The summed E-state index contributed by atoms with van der Waals surface area (Å²) in [7, 11) is 0. The predicted molar refractivity (Wildman–Crippen MR) is 325 cm³/mol. The molecule has 1 amide bonds. The van der Waals surface area contributed by atoms with Crippen LogP contribution in [0.25, 0.3) is 0 Å². The molecule has 1 aliphatic rings. The van der Waals surface area contributed by atoms with Gasteiger partial charge in [-0.25, -0.2) is 0 Å². The highest BCUT2D eigenvalue weighted by atomic mass is 16.7. The maximum Gasteiger partial charge on any atom is 0.249 e. The zero-order valence-electron chi connectivity index (χ0n) is 50.7. The Labute approximate surface area is 479 Å². The Morgan fingerprint density at radius 2 is 0.795 bits per heavy atom. The van der Waals surface area contributed by atoms with Crippen LogP contribution >= 0.6 is 0 Å². The first-order valence-corrected chi connectivity index (χ1v) is 33.4. The molecule has 9 unspecified atom stereocenters. The van der Waals surface area contributed by atoms with Gasteiger partial charge in [-0.1, -0.05) is 281 Å². The normalized spacial score (nSPS) is 19.6. The van der Waals surface area contributed by atoms with E-state index >= 15 is 0 Å². The molecule has 1 fully saturated rings. The van der Waals surface area contributed by atoms with E-state index in [1.54, 1.807) is 0 Å². The molecule has 0 aromatic heterocycles. The first kappa shape index (κ1) is 74.3. The molecule has 11 nitrogen and oxygen atoms in total. The Bertz CT molecular complexity index is 1360. The third-order valence-corrected chi connectivity index (χ3v) is 16.2. The lowest BCUT2D eigenvalue weighted by atomic mass is 9.98. The zero-order valence-corrected chi connectivity index (χ0v) is 50.7. The zero-order chi connectivity index (χ0) is 56.8. The van der Waals surface area contributed by atoms with Crippen molar-refractivity contribution in [1.82, 2.24) is 5.32 Å². The Hall–Kier alpha value is -1.67. The van der Waals surface area contributed by atoms with Crippen molar-refractivity contribution in [3.63, 3.8) is 0 Å². The number of aliphatic hydroxyl groups is 7. The summed E-state index contributed by atoms with van der Waals surface area (Å²) in [5, 5.41) is 76.1. The van der Waals surface area contributed by atoms with Crippen molar-refractivity contribution in [1.29, 1.82) is 0 Å². The third-order valence-electron chi connectivity index (χ3n) is 16.2. The summed E-state index contributed by atoms with van der Waals surface area (Å²) in [5.74, 6) is -0.704. The number of hydrogen-bond donors (Lipinski definition) is 8. The van der Waals surface area contributed by atoms with Gasteiger partial charge in [-0.2, -0.15) is 0 Å². The van der Waals surface area contributed by atoms with E-state index in [0.717, 1.165) is 44.9 Å². The fourth-order valence-electron chi connectivity index (χ4n) is 10.8. The number of carbonyl (C=O) groups excluding carboxylic acids is 1. The molecule has 11 heteroatoms. The number of hydrogen-bond acceptors (Lipinski definition) is 10. The van der Waals surface area contributed by atoms with E-state index in [-0.39, 0.29) is 12.8 Å². The monoisotopic (exact) mass is 1110 g/mol. The quantitative estimate of drug-likeness (QED) is 0.0215. The molecule has 0 spiro atoms. The third kappa shape index (κ3) is 43.1. The van der Waals surface area contributed by atoms with E-state index in [9.17, 15) is 40.5 Å². The van der Waals surface area contributed by atoms with Gasteiger partial charge in [-0.3, -0.25) is 4.79 Å². The molecule has 78 heavy (non-hydrogen) atoms. The lowest BCUT2D eigenvalue weighted by Crippen LogP contribution is -2.60. The van der Waals surface area contributed by atoms with Crippen molar-refractivity contribution in [2.75, 3.05) is 13.2 Å². The molecule has 1 saturated heterocycles. The van der Waals surface area contributed by atoms with Crippen LogP contribution in [-0.2, 0) is 14.3 Å². The van der Waals surface area contributed by atoms with Gasteiger partial charge >= 0.3 is 0 Å². The minimum atomic E-state index is -1.67. The molecule has 460 valence electrons. The number of ether oxygens (including phenoxy) is 2. The number of allylic oxidation sites excluding steroid dienone is 6. The van der Waals surface area contributed by atoms with E-state index in [1.807, 2.05) is 0 Å². The highest BCUT2D eigenvalue weighted by Gasteiger charge is 2.44. The molecular weight excluding hydrogens is 979 g/mol. The highest BCUT2D eigenvalue weighted by molar-refractivity contribution is 5.80. The molecule has 0 aromatic rings. The summed E-state index contributed by atoms with van der Waals surface area (Å²) < 4.78 is 11.1. The van der Waals surface area contributed by atoms with Gasteiger partial charge in [-0.15, -0.1) is 0 Å². The largest absolute Gasteiger partial charge is 0.394 e. The molecule has 8 N–H and O–H groups in total. The van der Waals surface area contributed by atoms with Crippen LogP contribution in [0.15, 0.2) is 36.5 Å². The SMILES string of the molecule is CCCCCCCCCC/C=C/CCCC(O)C(O)C(COC1OC(CO)C(O)C(O)C1O)NC(=O)C(O)CCCCCCCCCCCCCCCCCC/C=C\C/C=C\CCCCCCCCCCCCCCCCC. The number of unbranched alkanes of at least 4 members (excludes halogenated alkanes) is 40. The van der Waals surface area contributed by atoms with E-state index in [2.05, 4.69) is 55.6 Å². The van der Waals surface area contributed by atoms with Gasteiger partial charge in [0.1, 0.15) is 36.6 Å². The molecule has 9 atom stereocenters. The van der Waals surface area contributed by atoms with Crippen LogP contribution in [0.4, 0.5) is 0 Å². The van der Waals surface area contributed by atoms with Gasteiger partial charge in [0.15, 0.2) is 6.29 Å². The van der Waals surface area contributed by atoms with Crippen molar-refractivity contribution in [3.8, 4) is 0 Å². The molecule has 0 aromatic carbocycles. The molecule has 1 aliphatic heterocycles. The van der Waals surface area contributed by atoms with Crippen molar-refractivity contribution < 1.29 is 50.0 Å².